The second kappa shape index (κ2) is 8.98. The summed E-state index contributed by atoms with van der Waals surface area (Å²) in [5.41, 5.74) is -1.01. The summed E-state index contributed by atoms with van der Waals surface area (Å²) in [5.74, 6) is -3.63. The summed E-state index contributed by atoms with van der Waals surface area (Å²) in [5, 5.41) is 13.1. The zero-order chi connectivity index (χ0) is 23.2. The number of halogens is 3. The Hall–Kier alpha value is -2.19. The Morgan fingerprint density at radius 1 is 1.34 bits per heavy atom. The molecule has 0 unspecified atom stereocenters. The normalized spacial score (nSPS) is 19.2. The molecule has 0 saturated heterocycles. The standard InChI is InChI=1S/C20H19F2IN4O4S/c1-2-26-8-11-6-13(25-32-23)15-14(17(28)18(29)16(20(26)31)27(11)15)19(30)24-7-9-3-4-10(21)5-12(9)22/h3-5,11,13,25,29H,2,6-8H2,1H3,(H,24,30)/t11-,13+/m1/s1. The van der Waals surface area contributed by atoms with Crippen LogP contribution < -0.4 is 15.5 Å². The number of likely N-dealkylation sites (N-methyl/N-ethyl adjacent to an activating group) is 1. The number of carbonyl (C=O) groups is 2. The van der Waals surface area contributed by atoms with Crippen molar-refractivity contribution in [2.45, 2.75) is 32.0 Å². The van der Waals surface area contributed by atoms with Crippen molar-refractivity contribution in [3.05, 3.63) is 62.6 Å². The van der Waals surface area contributed by atoms with Gasteiger partial charge in [-0.3, -0.25) is 14.4 Å². The van der Waals surface area contributed by atoms with Crippen LogP contribution >= 0.6 is 30.3 Å². The van der Waals surface area contributed by atoms with E-state index in [0.29, 0.717) is 31.3 Å². The number of nitrogens with one attached hydrogen (secondary N) is 2. The van der Waals surface area contributed by atoms with Gasteiger partial charge in [0.15, 0.2) is 11.4 Å². The van der Waals surface area contributed by atoms with Crippen molar-refractivity contribution in [1.82, 2.24) is 19.5 Å². The van der Waals surface area contributed by atoms with Crippen molar-refractivity contribution in [2.24, 2.45) is 0 Å². The minimum Gasteiger partial charge on any atom is -0.503 e. The largest absolute Gasteiger partial charge is 0.503 e. The summed E-state index contributed by atoms with van der Waals surface area (Å²) >= 11 is 2.03. The molecular formula is C20H19F2IN4O4S. The SMILES string of the molecule is CCN1C[C@H]2C[C@H](NSI)c3c(C(=O)NCc4ccc(F)cc4F)c(=O)c(O)c(n32)C1=O. The molecule has 2 amide bonds. The van der Waals surface area contributed by atoms with Gasteiger partial charge in [-0.15, -0.1) is 0 Å². The Morgan fingerprint density at radius 3 is 2.75 bits per heavy atom. The van der Waals surface area contributed by atoms with E-state index < -0.39 is 40.7 Å². The highest BCUT2D eigenvalue weighted by molar-refractivity contribution is 14.2. The smallest absolute Gasteiger partial charge is 0.274 e. The second-order valence-corrected chi connectivity index (χ2v) is 9.27. The van der Waals surface area contributed by atoms with Crippen LogP contribution in [0.5, 0.6) is 5.75 Å². The van der Waals surface area contributed by atoms with Crippen LogP contribution in [0.25, 0.3) is 0 Å². The van der Waals surface area contributed by atoms with E-state index in [-0.39, 0.29) is 29.4 Å². The fourth-order valence-corrected chi connectivity index (χ4v) is 5.57. The summed E-state index contributed by atoms with van der Waals surface area (Å²) in [7, 11) is 1.28. The number of benzene rings is 1. The molecule has 12 heteroatoms. The highest BCUT2D eigenvalue weighted by atomic mass is 127. The number of amides is 2. The van der Waals surface area contributed by atoms with Gasteiger partial charge in [0.25, 0.3) is 11.8 Å². The number of rotatable bonds is 6. The molecule has 1 aromatic carbocycles. The Labute approximate surface area is 198 Å². The third kappa shape index (κ3) is 3.77. The lowest BCUT2D eigenvalue weighted by Gasteiger charge is -2.33. The van der Waals surface area contributed by atoms with E-state index in [4.69, 9.17) is 0 Å². The van der Waals surface area contributed by atoms with Gasteiger partial charge in [0, 0.05) is 52.5 Å². The van der Waals surface area contributed by atoms with Crippen LogP contribution in [0.15, 0.2) is 23.0 Å². The first kappa shape index (κ1) is 23.0. The average Bonchev–Trinajstić information content (AvgIpc) is 3.10. The Balaban J connectivity index is 1.78. The van der Waals surface area contributed by atoms with Crippen molar-refractivity contribution in [2.75, 3.05) is 13.1 Å². The highest BCUT2D eigenvalue weighted by Crippen LogP contribution is 2.43. The van der Waals surface area contributed by atoms with Crippen LogP contribution in [0.3, 0.4) is 0 Å². The maximum absolute atomic E-state index is 13.9. The zero-order valence-electron chi connectivity index (χ0n) is 16.8. The molecule has 170 valence electrons. The van der Waals surface area contributed by atoms with Gasteiger partial charge in [-0.1, -0.05) is 6.07 Å². The first-order chi connectivity index (χ1) is 15.3. The molecule has 0 spiro atoms. The summed E-state index contributed by atoms with van der Waals surface area (Å²) in [6, 6.07) is 2.34. The van der Waals surface area contributed by atoms with Gasteiger partial charge in [0.2, 0.25) is 5.43 Å². The predicted octanol–water partition coefficient (Wildman–Crippen LogP) is 2.81. The molecule has 3 heterocycles. The number of aromatic nitrogens is 1. The lowest BCUT2D eigenvalue weighted by Crippen LogP contribution is -2.44. The van der Waals surface area contributed by atoms with Crippen LogP contribution in [-0.2, 0) is 6.54 Å². The van der Waals surface area contributed by atoms with Crippen LogP contribution in [0.2, 0.25) is 0 Å². The van der Waals surface area contributed by atoms with E-state index in [1.54, 1.807) is 9.47 Å². The van der Waals surface area contributed by atoms with Crippen LogP contribution in [0.4, 0.5) is 8.78 Å². The van der Waals surface area contributed by atoms with Crippen LogP contribution in [0, 0.1) is 11.6 Å². The fraction of sp³-hybridized carbons (Fsp3) is 0.350. The number of hydrogen-bond acceptors (Lipinski definition) is 6. The number of pyridine rings is 1. The van der Waals surface area contributed by atoms with Crippen LogP contribution in [-0.4, -0.2) is 39.5 Å². The minimum atomic E-state index is -0.958. The van der Waals surface area contributed by atoms with Gasteiger partial charge in [-0.2, -0.15) is 0 Å². The van der Waals surface area contributed by atoms with E-state index in [0.717, 1.165) is 6.07 Å². The van der Waals surface area contributed by atoms with Gasteiger partial charge in [0.05, 0.1) is 17.8 Å². The van der Waals surface area contributed by atoms with Gasteiger partial charge in [-0.25, -0.2) is 13.5 Å². The fourth-order valence-electron chi connectivity index (χ4n) is 4.33. The molecule has 32 heavy (non-hydrogen) atoms. The molecule has 0 fully saturated rings. The van der Waals surface area contributed by atoms with Crippen molar-refractivity contribution in [3.8, 4) is 5.75 Å². The zero-order valence-corrected chi connectivity index (χ0v) is 19.8. The lowest BCUT2D eigenvalue weighted by atomic mass is 10.0. The summed E-state index contributed by atoms with van der Waals surface area (Å²) in [6.07, 6.45) is 0.516. The summed E-state index contributed by atoms with van der Waals surface area (Å²) in [6.45, 7) is 2.34. The van der Waals surface area contributed by atoms with Crippen molar-refractivity contribution >= 4 is 42.1 Å². The number of nitrogens with zero attached hydrogens (tertiary/aromatic N) is 2. The quantitative estimate of drug-likeness (QED) is 0.361. The number of hydrogen-bond donors (Lipinski definition) is 3. The Bertz CT molecular complexity index is 1180. The van der Waals surface area contributed by atoms with E-state index in [1.165, 1.54) is 15.2 Å². The topological polar surface area (TPSA) is 104 Å². The molecule has 1 aromatic heterocycles. The van der Waals surface area contributed by atoms with E-state index in [9.17, 15) is 28.3 Å². The maximum atomic E-state index is 13.9. The third-order valence-electron chi connectivity index (χ3n) is 5.80. The third-order valence-corrected chi connectivity index (χ3v) is 6.93. The van der Waals surface area contributed by atoms with E-state index in [2.05, 4.69) is 10.0 Å². The molecule has 4 rings (SSSR count). The molecular weight excluding hydrogens is 557 g/mol. The van der Waals surface area contributed by atoms with E-state index in [1.807, 2.05) is 28.1 Å². The van der Waals surface area contributed by atoms with Crippen LogP contribution in [0.1, 0.15) is 57.5 Å². The van der Waals surface area contributed by atoms with Gasteiger partial charge < -0.3 is 19.9 Å². The summed E-state index contributed by atoms with van der Waals surface area (Å²) < 4.78 is 31.8. The molecule has 0 saturated carbocycles. The predicted molar refractivity (Wildman–Crippen MR) is 123 cm³/mol. The van der Waals surface area contributed by atoms with Gasteiger partial charge >= 0.3 is 0 Å². The van der Waals surface area contributed by atoms with Crippen molar-refractivity contribution < 1.29 is 23.5 Å². The Kier molecular flexibility index (Phi) is 6.45. The second-order valence-electron chi connectivity index (χ2n) is 7.56. The summed E-state index contributed by atoms with van der Waals surface area (Å²) in [4.78, 5) is 40.5. The molecule has 3 N–H and O–H groups in total. The Morgan fingerprint density at radius 2 is 2.09 bits per heavy atom. The molecule has 2 aromatic rings. The van der Waals surface area contributed by atoms with Crippen molar-refractivity contribution in [3.63, 3.8) is 0 Å². The lowest BCUT2D eigenvalue weighted by molar-refractivity contribution is 0.0675. The first-order valence-electron chi connectivity index (χ1n) is 9.84. The van der Waals surface area contributed by atoms with E-state index >= 15 is 0 Å². The number of aromatic hydroxyl groups is 1. The molecule has 2 aliphatic heterocycles. The first-order valence-corrected chi connectivity index (χ1v) is 13.2. The maximum Gasteiger partial charge on any atom is 0.274 e. The average molecular weight is 576 g/mol. The molecule has 0 aliphatic carbocycles. The molecule has 8 nitrogen and oxygen atoms in total. The molecule has 2 atom stereocenters. The molecule has 0 bridgehead atoms. The molecule has 2 aliphatic rings. The highest BCUT2D eigenvalue weighted by Gasteiger charge is 2.44. The van der Waals surface area contributed by atoms with Crippen molar-refractivity contribution in [1.29, 1.82) is 0 Å². The number of carbonyl (C=O) groups excluding carboxylic acids is 2. The van der Waals surface area contributed by atoms with Gasteiger partial charge in [-0.05, 0) is 28.5 Å². The van der Waals surface area contributed by atoms with Gasteiger partial charge in [0.1, 0.15) is 17.2 Å². The molecule has 0 radical (unpaired) electrons. The minimum absolute atomic E-state index is 0.0441. The monoisotopic (exact) mass is 576 g/mol.